The molecule has 0 aromatic heterocycles. The highest BCUT2D eigenvalue weighted by atomic mass is 16.3. The maximum absolute atomic E-state index is 9.85. The predicted molar refractivity (Wildman–Crippen MR) is 77.6 cm³/mol. The van der Waals surface area contributed by atoms with Crippen LogP contribution < -0.4 is 5.73 Å². The van der Waals surface area contributed by atoms with Gasteiger partial charge in [0, 0.05) is 23.8 Å². The smallest absolute Gasteiger partial charge is 0.120 e. The quantitative estimate of drug-likeness (QED) is 0.443. The molecule has 0 unspecified atom stereocenters. The van der Waals surface area contributed by atoms with Crippen LogP contribution in [0.15, 0.2) is 18.2 Å². The third-order valence-corrected chi connectivity index (χ3v) is 3.26. The Kier molecular flexibility index (Phi) is 5.99. The van der Waals surface area contributed by atoms with Gasteiger partial charge in [-0.15, -0.1) is 0 Å². The maximum Gasteiger partial charge on any atom is 0.120 e. The summed E-state index contributed by atoms with van der Waals surface area (Å²) in [5.74, 6) is 0.338. The molecule has 0 aliphatic carbocycles. The Morgan fingerprint density at radius 3 is 2.61 bits per heavy atom. The Morgan fingerprint density at radius 1 is 1.28 bits per heavy atom. The van der Waals surface area contributed by atoms with Gasteiger partial charge in [0.05, 0.1) is 0 Å². The van der Waals surface area contributed by atoms with Crippen molar-refractivity contribution < 1.29 is 5.11 Å². The van der Waals surface area contributed by atoms with Crippen LogP contribution in [0.2, 0.25) is 0 Å². The summed E-state index contributed by atoms with van der Waals surface area (Å²) < 4.78 is 0. The predicted octanol–water partition coefficient (Wildman–Crippen LogP) is 3.38. The van der Waals surface area contributed by atoms with Gasteiger partial charge in [0.2, 0.25) is 0 Å². The zero-order valence-corrected chi connectivity index (χ0v) is 11.8. The first-order chi connectivity index (χ1) is 8.54. The second-order valence-electron chi connectivity index (χ2n) is 5.16. The van der Waals surface area contributed by atoms with E-state index in [1.54, 1.807) is 12.1 Å². The van der Waals surface area contributed by atoms with Crippen LogP contribution in [0.25, 0.3) is 0 Å². The number of hydrogen-bond acceptors (Lipinski definition) is 3. The lowest BCUT2D eigenvalue weighted by Crippen LogP contribution is -2.31. The Morgan fingerprint density at radius 2 is 2.00 bits per heavy atom. The Bertz CT molecular complexity index is 364. The molecule has 1 aromatic rings. The highest BCUT2D eigenvalue weighted by Crippen LogP contribution is 2.22. The van der Waals surface area contributed by atoms with Crippen molar-refractivity contribution in [1.29, 1.82) is 0 Å². The SMILES string of the molecule is CCCCCN(Cc1cc(N)ccc1O)C(C)C. The first kappa shape index (κ1) is 14.8. The van der Waals surface area contributed by atoms with Gasteiger partial charge in [0.15, 0.2) is 0 Å². The highest BCUT2D eigenvalue weighted by Gasteiger charge is 2.12. The molecule has 0 bridgehead atoms. The van der Waals surface area contributed by atoms with Crippen molar-refractivity contribution in [3.05, 3.63) is 23.8 Å². The van der Waals surface area contributed by atoms with Crippen LogP contribution in [0.1, 0.15) is 45.6 Å². The number of nitrogens with two attached hydrogens (primary N) is 1. The van der Waals surface area contributed by atoms with Crippen LogP contribution in [-0.2, 0) is 6.54 Å². The van der Waals surface area contributed by atoms with Crippen LogP contribution in [-0.4, -0.2) is 22.6 Å². The molecule has 0 saturated heterocycles. The molecule has 0 amide bonds. The molecule has 1 rings (SSSR count). The van der Waals surface area contributed by atoms with Gasteiger partial charge < -0.3 is 10.8 Å². The molecular formula is C15H26N2O. The van der Waals surface area contributed by atoms with E-state index < -0.39 is 0 Å². The summed E-state index contributed by atoms with van der Waals surface area (Å²) >= 11 is 0. The minimum atomic E-state index is 0.338. The summed E-state index contributed by atoms with van der Waals surface area (Å²) in [5, 5.41) is 9.85. The molecule has 3 nitrogen and oxygen atoms in total. The van der Waals surface area contributed by atoms with E-state index >= 15 is 0 Å². The Labute approximate surface area is 111 Å². The van der Waals surface area contributed by atoms with E-state index in [1.807, 2.05) is 6.07 Å². The molecule has 0 aliphatic rings. The fourth-order valence-corrected chi connectivity index (χ4v) is 2.04. The van der Waals surface area contributed by atoms with Crippen molar-refractivity contribution in [2.75, 3.05) is 12.3 Å². The molecule has 0 heterocycles. The molecule has 0 saturated carbocycles. The van der Waals surface area contributed by atoms with Gasteiger partial charge in [-0.25, -0.2) is 0 Å². The molecule has 3 heteroatoms. The normalized spacial score (nSPS) is 11.4. The van der Waals surface area contributed by atoms with E-state index in [2.05, 4.69) is 25.7 Å². The Hall–Kier alpha value is -1.22. The largest absolute Gasteiger partial charge is 0.508 e. The van der Waals surface area contributed by atoms with Crippen molar-refractivity contribution in [2.45, 2.75) is 52.6 Å². The minimum absolute atomic E-state index is 0.338. The van der Waals surface area contributed by atoms with Crippen molar-refractivity contribution in [1.82, 2.24) is 4.90 Å². The number of unbranched alkanes of at least 4 members (excludes halogenated alkanes) is 2. The number of phenols is 1. The van der Waals surface area contributed by atoms with Crippen molar-refractivity contribution in [3.8, 4) is 5.75 Å². The van der Waals surface area contributed by atoms with Gasteiger partial charge >= 0.3 is 0 Å². The van der Waals surface area contributed by atoms with Gasteiger partial charge in [-0.2, -0.15) is 0 Å². The molecular weight excluding hydrogens is 224 g/mol. The first-order valence-corrected chi connectivity index (χ1v) is 6.86. The summed E-state index contributed by atoms with van der Waals surface area (Å²) in [4.78, 5) is 2.38. The lowest BCUT2D eigenvalue weighted by molar-refractivity contribution is 0.206. The molecule has 0 atom stereocenters. The molecule has 3 N–H and O–H groups in total. The van der Waals surface area contributed by atoms with E-state index in [9.17, 15) is 5.11 Å². The fraction of sp³-hybridized carbons (Fsp3) is 0.600. The highest BCUT2D eigenvalue weighted by molar-refractivity contribution is 5.47. The number of anilines is 1. The lowest BCUT2D eigenvalue weighted by Gasteiger charge is -2.27. The number of nitrogen functional groups attached to an aromatic ring is 1. The molecule has 18 heavy (non-hydrogen) atoms. The summed E-state index contributed by atoms with van der Waals surface area (Å²) in [6, 6.07) is 5.75. The van der Waals surface area contributed by atoms with Gasteiger partial charge in [-0.1, -0.05) is 19.8 Å². The Balaban J connectivity index is 2.67. The average Bonchev–Trinajstić information content (AvgIpc) is 2.32. The number of benzene rings is 1. The van der Waals surface area contributed by atoms with Gasteiger partial charge in [0.1, 0.15) is 5.75 Å². The van der Waals surface area contributed by atoms with E-state index in [-0.39, 0.29) is 0 Å². The molecule has 0 spiro atoms. The topological polar surface area (TPSA) is 49.5 Å². The van der Waals surface area contributed by atoms with E-state index in [0.717, 1.165) is 18.7 Å². The van der Waals surface area contributed by atoms with Crippen LogP contribution in [0.5, 0.6) is 5.75 Å². The number of phenolic OH excluding ortho intramolecular Hbond substituents is 1. The lowest BCUT2D eigenvalue weighted by atomic mass is 10.1. The summed E-state index contributed by atoms with van der Waals surface area (Å²) in [7, 11) is 0. The van der Waals surface area contributed by atoms with E-state index in [1.165, 1.54) is 19.3 Å². The second kappa shape index (κ2) is 7.27. The number of nitrogens with zero attached hydrogens (tertiary/aromatic N) is 1. The average molecular weight is 250 g/mol. The summed E-state index contributed by atoms with van der Waals surface area (Å²) in [6.45, 7) is 8.42. The van der Waals surface area contributed by atoms with Crippen molar-refractivity contribution in [2.24, 2.45) is 0 Å². The van der Waals surface area contributed by atoms with E-state index in [4.69, 9.17) is 5.73 Å². The van der Waals surface area contributed by atoms with Gasteiger partial charge in [-0.3, -0.25) is 4.90 Å². The zero-order valence-electron chi connectivity index (χ0n) is 11.8. The van der Waals surface area contributed by atoms with Crippen LogP contribution in [0, 0.1) is 0 Å². The molecule has 0 aliphatic heterocycles. The minimum Gasteiger partial charge on any atom is -0.508 e. The molecule has 102 valence electrons. The van der Waals surface area contributed by atoms with Crippen molar-refractivity contribution >= 4 is 5.69 Å². The molecule has 0 radical (unpaired) electrons. The van der Waals surface area contributed by atoms with E-state index in [0.29, 0.717) is 17.5 Å². The first-order valence-electron chi connectivity index (χ1n) is 6.86. The second-order valence-corrected chi connectivity index (χ2v) is 5.16. The summed E-state index contributed by atoms with van der Waals surface area (Å²) in [6.07, 6.45) is 3.69. The number of hydrogen-bond donors (Lipinski definition) is 2. The number of aromatic hydroxyl groups is 1. The molecule has 1 aromatic carbocycles. The summed E-state index contributed by atoms with van der Waals surface area (Å²) in [5.41, 5.74) is 7.40. The molecule has 0 fully saturated rings. The number of rotatable bonds is 7. The van der Waals surface area contributed by atoms with Crippen LogP contribution in [0.3, 0.4) is 0 Å². The maximum atomic E-state index is 9.85. The zero-order chi connectivity index (χ0) is 13.5. The monoisotopic (exact) mass is 250 g/mol. The van der Waals surface area contributed by atoms with Gasteiger partial charge in [0.25, 0.3) is 0 Å². The third-order valence-electron chi connectivity index (χ3n) is 3.26. The van der Waals surface area contributed by atoms with Crippen LogP contribution in [0.4, 0.5) is 5.69 Å². The third kappa shape index (κ3) is 4.57. The van der Waals surface area contributed by atoms with Crippen molar-refractivity contribution in [3.63, 3.8) is 0 Å². The fourth-order valence-electron chi connectivity index (χ4n) is 2.04. The van der Waals surface area contributed by atoms with Gasteiger partial charge in [-0.05, 0) is 45.0 Å². The van der Waals surface area contributed by atoms with Crippen LogP contribution >= 0.6 is 0 Å². The standard InChI is InChI=1S/C15H26N2O/c1-4-5-6-9-17(12(2)3)11-13-10-14(16)7-8-15(13)18/h7-8,10,12,18H,4-6,9,11,16H2,1-3H3.